The van der Waals surface area contributed by atoms with Crippen molar-refractivity contribution in [3.63, 3.8) is 0 Å². The van der Waals surface area contributed by atoms with Gasteiger partial charge in [-0.05, 0) is 25.0 Å². The summed E-state index contributed by atoms with van der Waals surface area (Å²) in [6, 6.07) is 6.56. The highest BCUT2D eigenvalue weighted by molar-refractivity contribution is 5.33. The summed E-state index contributed by atoms with van der Waals surface area (Å²) in [5, 5.41) is 0. The van der Waals surface area contributed by atoms with Gasteiger partial charge in [0.1, 0.15) is 0 Å². The fourth-order valence-electron chi connectivity index (χ4n) is 1.74. The second-order valence-electron chi connectivity index (χ2n) is 4.14. The molecule has 0 N–H and O–H groups in total. The molecule has 2 aromatic rings. The van der Waals surface area contributed by atoms with Crippen LogP contribution in [0.25, 0.3) is 0 Å². The zero-order chi connectivity index (χ0) is 10.8. The van der Waals surface area contributed by atoms with E-state index in [1.807, 2.05) is 17.9 Å². The van der Waals surface area contributed by atoms with Gasteiger partial charge in [0, 0.05) is 19.7 Å². The minimum absolute atomic E-state index is 0.925. The van der Waals surface area contributed by atoms with Crippen molar-refractivity contribution in [1.29, 1.82) is 0 Å². The van der Waals surface area contributed by atoms with Gasteiger partial charge in [-0.3, -0.25) is 0 Å². The minimum Gasteiger partial charge on any atom is -0.340 e. The molecule has 1 aromatic carbocycles. The molecular weight excluding hydrogens is 184 g/mol. The molecule has 1 heterocycles. The maximum atomic E-state index is 4.34. The van der Waals surface area contributed by atoms with Crippen molar-refractivity contribution in [1.82, 2.24) is 9.55 Å². The van der Waals surface area contributed by atoms with Crippen LogP contribution in [0.15, 0.2) is 30.7 Å². The van der Waals surface area contributed by atoms with Crippen LogP contribution < -0.4 is 0 Å². The topological polar surface area (TPSA) is 17.8 Å². The van der Waals surface area contributed by atoms with Crippen molar-refractivity contribution < 1.29 is 0 Å². The van der Waals surface area contributed by atoms with Crippen LogP contribution >= 0.6 is 0 Å². The van der Waals surface area contributed by atoms with Crippen molar-refractivity contribution >= 4 is 0 Å². The SMILES string of the molecule is Cc1ccc(C)c(Cc2cn(C)cn2)c1. The number of hydrogen-bond acceptors (Lipinski definition) is 1. The molecule has 0 amide bonds. The van der Waals surface area contributed by atoms with E-state index in [0.717, 1.165) is 12.1 Å². The molecule has 0 bridgehead atoms. The Bertz CT molecular complexity index is 469. The first-order chi connectivity index (χ1) is 7.15. The first kappa shape index (κ1) is 9.97. The lowest BCUT2D eigenvalue weighted by molar-refractivity contribution is 0.912. The molecule has 0 spiro atoms. The van der Waals surface area contributed by atoms with Gasteiger partial charge >= 0.3 is 0 Å². The van der Waals surface area contributed by atoms with Crippen molar-refractivity contribution in [2.75, 3.05) is 0 Å². The van der Waals surface area contributed by atoms with E-state index >= 15 is 0 Å². The molecule has 2 rings (SSSR count). The van der Waals surface area contributed by atoms with Crippen LogP contribution in [0.3, 0.4) is 0 Å². The standard InChI is InChI=1S/C13H16N2/c1-10-4-5-11(2)12(6-10)7-13-8-15(3)9-14-13/h4-6,8-9H,7H2,1-3H3. The second kappa shape index (κ2) is 3.89. The third kappa shape index (κ3) is 2.27. The summed E-state index contributed by atoms with van der Waals surface area (Å²) in [6.07, 6.45) is 4.84. The predicted octanol–water partition coefficient (Wildman–Crippen LogP) is 2.63. The van der Waals surface area contributed by atoms with Crippen LogP contribution in [0.1, 0.15) is 22.4 Å². The average Bonchev–Trinajstić information content (AvgIpc) is 2.58. The van der Waals surface area contributed by atoms with Gasteiger partial charge in [0.15, 0.2) is 0 Å². The lowest BCUT2D eigenvalue weighted by Crippen LogP contribution is -1.93. The largest absolute Gasteiger partial charge is 0.340 e. The Morgan fingerprint density at radius 3 is 2.73 bits per heavy atom. The Hall–Kier alpha value is -1.57. The van der Waals surface area contributed by atoms with E-state index in [1.54, 1.807) is 0 Å². The normalized spacial score (nSPS) is 10.6. The molecule has 2 heteroatoms. The number of nitrogens with zero attached hydrogens (tertiary/aromatic N) is 2. The Balaban J connectivity index is 2.27. The quantitative estimate of drug-likeness (QED) is 0.728. The van der Waals surface area contributed by atoms with Crippen LogP contribution in [0.5, 0.6) is 0 Å². The lowest BCUT2D eigenvalue weighted by Gasteiger charge is -2.04. The van der Waals surface area contributed by atoms with Crippen LogP contribution in [-0.2, 0) is 13.5 Å². The van der Waals surface area contributed by atoms with Crippen molar-refractivity contribution in [2.45, 2.75) is 20.3 Å². The third-order valence-corrected chi connectivity index (χ3v) is 2.63. The van der Waals surface area contributed by atoms with Gasteiger partial charge in [0.25, 0.3) is 0 Å². The molecule has 1 aromatic heterocycles. The van der Waals surface area contributed by atoms with E-state index in [2.05, 4.69) is 43.2 Å². The van der Waals surface area contributed by atoms with E-state index < -0.39 is 0 Å². The van der Waals surface area contributed by atoms with Crippen molar-refractivity contribution in [3.05, 3.63) is 53.1 Å². The lowest BCUT2D eigenvalue weighted by atomic mass is 10.0. The number of hydrogen-bond donors (Lipinski definition) is 0. The number of aryl methyl sites for hydroxylation is 3. The van der Waals surface area contributed by atoms with Crippen LogP contribution in [0.4, 0.5) is 0 Å². The smallest absolute Gasteiger partial charge is 0.0946 e. The predicted molar refractivity (Wildman–Crippen MR) is 61.9 cm³/mol. The molecule has 0 saturated heterocycles. The maximum absolute atomic E-state index is 4.34. The van der Waals surface area contributed by atoms with Gasteiger partial charge in [-0.1, -0.05) is 23.8 Å². The van der Waals surface area contributed by atoms with Crippen LogP contribution in [0, 0.1) is 13.8 Å². The first-order valence-electron chi connectivity index (χ1n) is 5.18. The summed E-state index contributed by atoms with van der Waals surface area (Å²) >= 11 is 0. The van der Waals surface area contributed by atoms with Gasteiger partial charge < -0.3 is 4.57 Å². The number of benzene rings is 1. The summed E-state index contributed by atoms with van der Waals surface area (Å²) in [6.45, 7) is 4.28. The van der Waals surface area contributed by atoms with Gasteiger partial charge in [-0.25, -0.2) is 4.98 Å². The highest BCUT2D eigenvalue weighted by Gasteiger charge is 2.02. The molecule has 0 aliphatic heterocycles. The number of aromatic nitrogens is 2. The zero-order valence-electron chi connectivity index (χ0n) is 9.49. The summed E-state index contributed by atoms with van der Waals surface area (Å²) in [5.41, 5.74) is 5.15. The highest BCUT2D eigenvalue weighted by atomic mass is 15.0. The maximum Gasteiger partial charge on any atom is 0.0946 e. The van der Waals surface area contributed by atoms with E-state index in [0.29, 0.717) is 0 Å². The highest BCUT2D eigenvalue weighted by Crippen LogP contribution is 2.14. The van der Waals surface area contributed by atoms with E-state index in [1.165, 1.54) is 16.7 Å². The number of imidazole rings is 1. The molecule has 0 saturated carbocycles. The molecule has 15 heavy (non-hydrogen) atoms. The fraction of sp³-hybridized carbons (Fsp3) is 0.308. The third-order valence-electron chi connectivity index (χ3n) is 2.63. The van der Waals surface area contributed by atoms with E-state index in [-0.39, 0.29) is 0 Å². The van der Waals surface area contributed by atoms with Gasteiger partial charge in [-0.15, -0.1) is 0 Å². The summed E-state index contributed by atoms with van der Waals surface area (Å²) < 4.78 is 1.99. The Morgan fingerprint density at radius 1 is 1.27 bits per heavy atom. The first-order valence-corrected chi connectivity index (χ1v) is 5.18. The summed E-state index contributed by atoms with van der Waals surface area (Å²) in [5.74, 6) is 0. The molecule has 78 valence electrons. The van der Waals surface area contributed by atoms with Gasteiger partial charge in [-0.2, -0.15) is 0 Å². The Kier molecular flexibility index (Phi) is 2.58. The second-order valence-corrected chi connectivity index (χ2v) is 4.14. The molecule has 0 atom stereocenters. The van der Waals surface area contributed by atoms with Gasteiger partial charge in [0.2, 0.25) is 0 Å². The summed E-state index contributed by atoms with van der Waals surface area (Å²) in [4.78, 5) is 4.34. The molecule has 2 nitrogen and oxygen atoms in total. The van der Waals surface area contributed by atoms with Crippen molar-refractivity contribution in [2.24, 2.45) is 7.05 Å². The van der Waals surface area contributed by atoms with Gasteiger partial charge in [0.05, 0.1) is 12.0 Å². The average molecular weight is 200 g/mol. The van der Waals surface area contributed by atoms with Crippen LogP contribution in [-0.4, -0.2) is 9.55 Å². The molecule has 0 aliphatic carbocycles. The zero-order valence-corrected chi connectivity index (χ0v) is 9.49. The van der Waals surface area contributed by atoms with E-state index in [9.17, 15) is 0 Å². The Labute approximate surface area is 90.6 Å². The molecule has 0 unspecified atom stereocenters. The molecular formula is C13H16N2. The Morgan fingerprint density at radius 2 is 2.07 bits per heavy atom. The molecule has 0 fully saturated rings. The van der Waals surface area contributed by atoms with E-state index in [4.69, 9.17) is 0 Å². The minimum atomic E-state index is 0.925. The number of rotatable bonds is 2. The fourth-order valence-corrected chi connectivity index (χ4v) is 1.74. The summed E-state index contributed by atoms with van der Waals surface area (Å²) in [7, 11) is 2.00. The molecule has 0 aliphatic rings. The monoisotopic (exact) mass is 200 g/mol. The van der Waals surface area contributed by atoms with Crippen LogP contribution in [0.2, 0.25) is 0 Å². The van der Waals surface area contributed by atoms with Crippen molar-refractivity contribution in [3.8, 4) is 0 Å². The molecule has 0 radical (unpaired) electrons.